The van der Waals surface area contributed by atoms with Gasteiger partial charge in [-0.15, -0.1) is 12.6 Å². The van der Waals surface area contributed by atoms with Gasteiger partial charge in [0.25, 0.3) is 0 Å². The van der Waals surface area contributed by atoms with E-state index in [-0.39, 0.29) is 5.12 Å². The third-order valence-electron chi connectivity index (χ3n) is 2.33. The molecule has 2 nitrogen and oxygen atoms in total. The Morgan fingerprint density at radius 1 is 1.06 bits per heavy atom. The van der Waals surface area contributed by atoms with E-state index >= 15 is 0 Å². The molecular weight excluding hydrogens is 232 g/mol. The fourth-order valence-electron chi connectivity index (χ4n) is 1.46. The van der Waals surface area contributed by atoms with Crippen molar-refractivity contribution in [2.75, 3.05) is 0 Å². The highest BCUT2D eigenvalue weighted by atomic mass is 32.1. The number of benzene rings is 2. The molecule has 0 aliphatic rings. The highest BCUT2D eigenvalue weighted by molar-refractivity contribution is 7.97. The van der Waals surface area contributed by atoms with Crippen molar-refractivity contribution >= 4 is 17.7 Å². The number of carbonyl (C=O) groups is 1. The summed E-state index contributed by atoms with van der Waals surface area (Å²) >= 11 is 3.78. The number of ether oxygens (including phenoxy) is 1. The van der Waals surface area contributed by atoms with Gasteiger partial charge in [-0.2, -0.15) is 0 Å². The molecule has 0 saturated carbocycles. The molecule has 0 aliphatic heterocycles. The topological polar surface area (TPSA) is 26.3 Å². The second kappa shape index (κ2) is 5.55. The Morgan fingerprint density at radius 2 is 1.82 bits per heavy atom. The average molecular weight is 244 g/mol. The highest BCUT2D eigenvalue weighted by Crippen LogP contribution is 2.16. The lowest BCUT2D eigenvalue weighted by molar-refractivity contribution is 0.109. The summed E-state index contributed by atoms with van der Waals surface area (Å²) in [5.74, 6) is 0.675. The van der Waals surface area contributed by atoms with Gasteiger partial charge >= 0.3 is 0 Å². The van der Waals surface area contributed by atoms with Crippen molar-refractivity contribution in [3.8, 4) is 5.75 Å². The molecular formula is C14H12O2S. The first kappa shape index (κ1) is 11.7. The van der Waals surface area contributed by atoms with E-state index in [1.807, 2.05) is 36.4 Å². The molecule has 86 valence electrons. The molecule has 3 heteroatoms. The molecule has 0 fully saturated rings. The van der Waals surface area contributed by atoms with Crippen LogP contribution in [0.5, 0.6) is 5.75 Å². The maximum absolute atomic E-state index is 11.1. The predicted molar refractivity (Wildman–Crippen MR) is 70.5 cm³/mol. The Kier molecular flexibility index (Phi) is 3.83. The summed E-state index contributed by atoms with van der Waals surface area (Å²) in [6.07, 6.45) is 0. The summed E-state index contributed by atoms with van der Waals surface area (Å²) in [5, 5.41) is -0.254. The predicted octanol–water partition coefficient (Wildman–Crippen LogP) is 3.34. The van der Waals surface area contributed by atoms with Crippen LogP contribution in [0, 0.1) is 0 Å². The van der Waals surface area contributed by atoms with Crippen LogP contribution in [0.25, 0.3) is 0 Å². The summed E-state index contributed by atoms with van der Waals surface area (Å²) in [7, 11) is 0. The quantitative estimate of drug-likeness (QED) is 0.835. The number of thiol groups is 1. The van der Waals surface area contributed by atoms with Gasteiger partial charge in [0, 0.05) is 5.56 Å². The minimum atomic E-state index is -0.254. The number of hydrogen-bond donors (Lipinski definition) is 1. The first-order valence-corrected chi connectivity index (χ1v) is 5.70. The second-order valence-electron chi connectivity index (χ2n) is 3.61. The highest BCUT2D eigenvalue weighted by Gasteiger charge is 2.02. The first-order valence-electron chi connectivity index (χ1n) is 5.26. The normalized spacial score (nSPS) is 9.94. The van der Waals surface area contributed by atoms with Crippen molar-refractivity contribution < 1.29 is 9.53 Å². The molecule has 0 spiro atoms. The van der Waals surface area contributed by atoms with E-state index < -0.39 is 0 Å². The van der Waals surface area contributed by atoms with Crippen LogP contribution in [0.4, 0.5) is 0 Å². The van der Waals surface area contributed by atoms with Crippen LogP contribution in [-0.4, -0.2) is 5.12 Å². The van der Waals surface area contributed by atoms with Crippen LogP contribution in [0.15, 0.2) is 54.6 Å². The van der Waals surface area contributed by atoms with Gasteiger partial charge in [-0.05, 0) is 17.7 Å². The molecule has 2 aromatic rings. The van der Waals surface area contributed by atoms with E-state index in [0.29, 0.717) is 17.9 Å². The van der Waals surface area contributed by atoms with E-state index in [2.05, 4.69) is 12.6 Å². The van der Waals surface area contributed by atoms with E-state index in [1.54, 1.807) is 18.2 Å². The molecule has 0 aliphatic carbocycles. The molecule has 17 heavy (non-hydrogen) atoms. The summed E-state index contributed by atoms with van der Waals surface area (Å²) in [4.78, 5) is 11.1. The van der Waals surface area contributed by atoms with Crippen molar-refractivity contribution in [1.29, 1.82) is 0 Å². The van der Waals surface area contributed by atoms with Gasteiger partial charge in [0.1, 0.15) is 12.4 Å². The lowest BCUT2D eigenvalue weighted by atomic mass is 10.2. The largest absolute Gasteiger partial charge is 0.489 e. The van der Waals surface area contributed by atoms with Crippen molar-refractivity contribution in [2.45, 2.75) is 6.61 Å². The van der Waals surface area contributed by atoms with E-state index in [4.69, 9.17) is 4.74 Å². The molecule has 0 unspecified atom stereocenters. The molecule has 0 bridgehead atoms. The molecule has 0 radical (unpaired) electrons. The maximum atomic E-state index is 11.1. The monoisotopic (exact) mass is 244 g/mol. The Bertz CT molecular complexity index is 509. The van der Waals surface area contributed by atoms with Gasteiger partial charge in [-0.25, -0.2) is 0 Å². The molecule has 0 N–H and O–H groups in total. The van der Waals surface area contributed by atoms with Crippen molar-refractivity contribution in [3.05, 3.63) is 65.7 Å². The fourth-order valence-corrected chi connectivity index (χ4v) is 1.60. The van der Waals surface area contributed by atoms with Gasteiger partial charge in [-0.3, -0.25) is 4.79 Å². The first-order chi connectivity index (χ1) is 8.25. The molecule has 0 amide bonds. The summed E-state index contributed by atoms with van der Waals surface area (Å²) in [6, 6.07) is 16.9. The van der Waals surface area contributed by atoms with Crippen LogP contribution < -0.4 is 4.74 Å². The zero-order valence-corrected chi connectivity index (χ0v) is 10.1. The number of rotatable bonds is 4. The molecule has 0 atom stereocenters. The third kappa shape index (κ3) is 3.36. The minimum absolute atomic E-state index is 0.254. The summed E-state index contributed by atoms with van der Waals surface area (Å²) in [5.41, 5.74) is 1.63. The molecule has 2 aromatic carbocycles. The smallest absolute Gasteiger partial charge is 0.216 e. The lowest BCUT2D eigenvalue weighted by Crippen LogP contribution is -1.96. The molecule has 0 heterocycles. The Morgan fingerprint density at radius 3 is 2.53 bits per heavy atom. The summed E-state index contributed by atoms with van der Waals surface area (Å²) < 4.78 is 5.60. The third-order valence-corrected chi connectivity index (χ3v) is 2.59. The van der Waals surface area contributed by atoms with Crippen molar-refractivity contribution in [2.24, 2.45) is 0 Å². The molecule has 0 aromatic heterocycles. The minimum Gasteiger partial charge on any atom is -0.489 e. The van der Waals surface area contributed by atoms with Gasteiger partial charge in [-0.1, -0.05) is 42.5 Å². The van der Waals surface area contributed by atoms with E-state index in [1.165, 1.54) is 0 Å². The van der Waals surface area contributed by atoms with Gasteiger partial charge in [0.05, 0.1) is 0 Å². The number of hydrogen-bond acceptors (Lipinski definition) is 2. The van der Waals surface area contributed by atoms with E-state index in [0.717, 1.165) is 5.56 Å². The Labute approximate surface area is 106 Å². The lowest BCUT2D eigenvalue weighted by Gasteiger charge is -2.06. The maximum Gasteiger partial charge on any atom is 0.216 e. The van der Waals surface area contributed by atoms with Crippen LogP contribution >= 0.6 is 12.6 Å². The van der Waals surface area contributed by atoms with Crippen LogP contribution in [0.2, 0.25) is 0 Å². The van der Waals surface area contributed by atoms with Crippen LogP contribution in [0.3, 0.4) is 0 Å². The number of carbonyl (C=O) groups excluding carboxylic acids is 1. The zero-order chi connectivity index (χ0) is 12.1. The second-order valence-corrected chi connectivity index (χ2v) is 4.01. The van der Waals surface area contributed by atoms with E-state index in [9.17, 15) is 4.79 Å². The standard InChI is InChI=1S/C14H12O2S/c15-14(17)12-7-4-8-13(9-12)16-10-11-5-2-1-3-6-11/h1-9H,10H2,(H,15,17). The van der Waals surface area contributed by atoms with Gasteiger partial charge < -0.3 is 4.74 Å². The Hall–Kier alpha value is -1.74. The van der Waals surface area contributed by atoms with Crippen LogP contribution in [0.1, 0.15) is 15.9 Å². The van der Waals surface area contributed by atoms with Gasteiger partial charge in [0.2, 0.25) is 5.12 Å². The van der Waals surface area contributed by atoms with Crippen molar-refractivity contribution in [1.82, 2.24) is 0 Å². The van der Waals surface area contributed by atoms with Crippen LogP contribution in [-0.2, 0) is 6.61 Å². The molecule has 2 rings (SSSR count). The fraction of sp³-hybridized carbons (Fsp3) is 0.0714. The van der Waals surface area contributed by atoms with Gasteiger partial charge in [0.15, 0.2) is 0 Å². The van der Waals surface area contributed by atoms with Crippen molar-refractivity contribution in [3.63, 3.8) is 0 Å². The average Bonchev–Trinajstić information content (AvgIpc) is 2.38. The molecule has 0 saturated heterocycles. The Balaban J connectivity index is 2.04. The zero-order valence-electron chi connectivity index (χ0n) is 9.17. The summed E-state index contributed by atoms with van der Waals surface area (Å²) in [6.45, 7) is 0.491. The SMILES string of the molecule is O=C(S)c1cccc(OCc2ccccc2)c1.